The maximum Gasteiger partial charge on any atom is 0.251 e. The van der Waals surface area contributed by atoms with E-state index in [1.54, 1.807) is 170 Å². The maximum absolute atomic E-state index is 12.0. The fourth-order valence-corrected chi connectivity index (χ4v) is 7.16. The molecule has 61 heavy (non-hydrogen) atoms. The summed E-state index contributed by atoms with van der Waals surface area (Å²) in [6, 6.07) is 47.0. The van der Waals surface area contributed by atoms with Gasteiger partial charge >= 0.3 is 0 Å². The van der Waals surface area contributed by atoms with Crippen LogP contribution in [0.25, 0.3) is 0 Å². The van der Waals surface area contributed by atoms with E-state index in [1.165, 1.54) is 14.1 Å². The highest BCUT2D eigenvalue weighted by molar-refractivity contribution is 7.91. The lowest BCUT2D eigenvalue weighted by Crippen LogP contribution is -2.19. The summed E-state index contributed by atoms with van der Waals surface area (Å²) in [5, 5.41) is 4.92. The average Bonchev–Trinajstić information content (AvgIpc) is 3.34. The third-order valence-electron chi connectivity index (χ3n) is 7.33. The minimum absolute atomic E-state index is 0. The van der Waals surface area contributed by atoms with E-state index in [1.807, 2.05) is 41.5 Å². The van der Waals surface area contributed by atoms with Crippen molar-refractivity contribution in [2.45, 2.75) is 68.6 Å². The Morgan fingerprint density at radius 2 is 0.574 bits per heavy atom. The number of sulfone groups is 2. The third kappa shape index (κ3) is 18.5. The van der Waals surface area contributed by atoms with Gasteiger partial charge in [-0.25, -0.2) is 16.8 Å². The van der Waals surface area contributed by atoms with Crippen molar-refractivity contribution in [2.75, 3.05) is 14.1 Å². The number of amides is 2. The molecule has 6 aromatic rings. The Labute approximate surface area is 363 Å². The van der Waals surface area contributed by atoms with Crippen molar-refractivity contribution in [1.29, 1.82) is 0 Å². The number of aldehydes is 2. The van der Waals surface area contributed by atoms with Crippen LogP contribution in [0.3, 0.4) is 0 Å². The molecule has 0 fully saturated rings. The first-order valence-corrected chi connectivity index (χ1v) is 22.2. The van der Waals surface area contributed by atoms with Crippen LogP contribution in [0, 0.1) is 0 Å². The topological polar surface area (TPSA) is 161 Å². The number of carbonyl (C=O) groups is 4. The number of nitrogens with one attached hydrogen (secondary N) is 2. The smallest absolute Gasteiger partial charge is 0.251 e. The summed E-state index contributed by atoms with van der Waals surface area (Å²) < 4.78 is 48.1. The van der Waals surface area contributed by atoms with Gasteiger partial charge in [0.25, 0.3) is 11.8 Å². The van der Waals surface area contributed by atoms with E-state index >= 15 is 0 Å². The van der Waals surface area contributed by atoms with Crippen molar-refractivity contribution in [1.82, 2.24) is 10.6 Å². The van der Waals surface area contributed by atoms with Crippen LogP contribution in [0.15, 0.2) is 189 Å². The molecule has 10 nitrogen and oxygen atoms in total. The monoisotopic (exact) mass is 868 g/mol. The van der Waals surface area contributed by atoms with Crippen LogP contribution in [-0.2, 0) is 19.7 Å². The van der Waals surface area contributed by atoms with Crippen LogP contribution in [0.4, 0.5) is 0 Å². The third-order valence-corrected chi connectivity index (χ3v) is 10.9. The summed E-state index contributed by atoms with van der Waals surface area (Å²) in [6.45, 7) is 12.0. The molecule has 0 aromatic heterocycles. The number of hydrogen-bond donors (Lipinski definition) is 2. The van der Waals surface area contributed by atoms with Gasteiger partial charge in [0.2, 0.25) is 19.7 Å². The summed E-state index contributed by atoms with van der Waals surface area (Å²) >= 11 is 0. The summed E-state index contributed by atoms with van der Waals surface area (Å²) in [4.78, 5) is 44.5. The first-order valence-electron chi connectivity index (χ1n) is 19.2. The van der Waals surface area contributed by atoms with Crippen LogP contribution >= 0.6 is 0 Å². The fourth-order valence-electron chi connectivity index (χ4n) is 4.55. The highest BCUT2D eigenvalue weighted by Crippen LogP contribution is 2.20. The molecule has 12 heteroatoms. The zero-order chi connectivity index (χ0) is 45.4. The molecular formula is C49H60N2O8S2. The summed E-state index contributed by atoms with van der Waals surface area (Å²) in [7, 11) is -3.61. The second-order valence-corrected chi connectivity index (χ2v) is 14.7. The number of hydrogen-bond acceptors (Lipinski definition) is 8. The highest BCUT2D eigenvalue weighted by atomic mass is 32.2. The largest absolute Gasteiger partial charge is 0.355 e. The van der Waals surface area contributed by atoms with E-state index in [-0.39, 0.29) is 19.2 Å². The minimum atomic E-state index is -3.34. The van der Waals surface area contributed by atoms with Crippen molar-refractivity contribution in [3.8, 4) is 0 Å². The molecule has 0 atom stereocenters. The zero-order valence-corrected chi connectivity index (χ0v) is 37.0. The van der Waals surface area contributed by atoms with Gasteiger partial charge in [-0.05, 0) is 60.7 Å². The Kier molecular flexibility index (Phi) is 30.0. The van der Waals surface area contributed by atoms with Gasteiger partial charge in [-0.3, -0.25) is 19.2 Å². The van der Waals surface area contributed by atoms with Crippen molar-refractivity contribution in [2.24, 2.45) is 0 Å². The van der Waals surface area contributed by atoms with E-state index in [9.17, 15) is 36.0 Å². The predicted octanol–water partition coefficient (Wildman–Crippen LogP) is 10.5. The van der Waals surface area contributed by atoms with Gasteiger partial charge in [0, 0.05) is 36.3 Å². The lowest BCUT2D eigenvalue weighted by Gasteiger charge is -2.03. The van der Waals surface area contributed by atoms with Crippen molar-refractivity contribution in [3.05, 3.63) is 192 Å². The van der Waals surface area contributed by atoms with Crippen LogP contribution in [0.2, 0.25) is 0 Å². The molecule has 0 heterocycles. The Bertz CT molecular complexity index is 2080. The molecule has 6 aromatic carbocycles. The molecule has 2 amide bonds. The standard InChI is InChI=1S/2C12H10O2S.2C9H9NO2.3C2H6.CH4/c2*13-15(14,11-7-3-1-4-8-11)12-9-5-2-6-10-12;2*1-10-9(12)8-5-3-2-4-7(8)6-11;3*1-2;/h2*1-10H;2*2-6H,1H3,(H,10,12);3*1-2H3;1H4. The molecular weight excluding hydrogens is 809 g/mol. The maximum atomic E-state index is 12.0. The van der Waals surface area contributed by atoms with Crippen LogP contribution in [0.1, 0.15) is 90.4 Å². The van der Waals surface area contributed by atoms with Crippen LogP contribution < -0.4 is 10.6 Å². The molecule has 0 saturated heterocycles. The fraction of sp³-hybridized carbons (Fsp3) is 0.184. The molecule has 0 aliphatic rings. The summed E-state index contributed by atoms with van der Waals surface area (Å²) in [6.07, 6.45) is 1.34. The lowest BCUT2D eigenvalue weighted by molar-refractivity contribution is 0.0951. The first-order chi connectivity index (χ1) is 29.0. The molecule has 0 aliphatic heterocycles. The zero-order valence-electron chi connectivity index (χ0n) is 35.4. The van der Waals surface area contributed by atoms with E-state index in [0.717, 1.165) is 0 Å². The Hall–Kier alpha value is -6.50. The van der Waals surface area contributed by atoms with Crippen LogP contribution in [0.5, 0.6) is 0 Å². The molecule has 0 saturated carbocycles. The molecule has 2 N–H and O–H groups in total. The Morgan fingerprint density at radius 1 is 0.377 bits per heavy atom. The van der Waals surface area contributed by atoms with Gasteiger partial charge in [-0.1, -0.05) is 158 Å². The summed E-state index contributed by atoms with van der Waals surface area (Å²) in [5.74, 6) is -0.476. The molecule has 326 valence electrons. The highest BCUT2D eigenvalue weighted by Gasteiger charge is 2.17. The second-order valence-electron chi connectivity index (χ2n) is 10.8. The van der Waals surface area contributed by atoms with Crippen molar-refractivity contribution >= 4 is 44.1 Å². The number of carbonyl (C=O) groups excluding carboxylic acids is 4. The molecule has 6 rings (SSSR count). The van der Waals surface area contributed by atoms with Crippen LogP contribution in [-0.4, -0.2) is 55.3 Å². The number of rotatable bonds is 8. The van der Waals surface area contributed by atoms with Gasteiger partial charge in [-0.2, -0.15) is 0 Å². The van der Waals surface area contributed by atoms with Gasteiger partial charge in [0.1, 0.15) is 0 Å². The SMILES string of the molecule is C.CC.CC.CC.CNC(=O)c1ccccc1C=O.CNC(=O)c1ccccc1C=O.O=S(=O)(c1ccccc1)c1ccccc1.O=S(=O)(c1ccccc1)c1ccccc1. The van der Waals surface area contributed by atoms with Gasteiger partial charge in [0.15, 0.2) is 12.6 Å². The number of benzene rings is 6. The Morgan fingerprint density at radius 3 is 0.770 bits per heavy atom. The first kappa shape index (κ1) is 56.6. The van der Waals surface area contributed by atoms with E-state index in [2.05, 4.69) is 10.6 Å². The average molecular weight is 869 g/mol. The van der Waals surface area contributed by atoms with E-state index in [0.29, 0.717) is 54.4 Å². The Balaban J connectivity index is 0. The molecule has 0 radical (unpaired) electrons. The molecule has 0 bridgehead atoms. The predicted molar refractivity (Wildman–Crippen MR) is 248 cm³/mol. The van der Waals surface area contributed by atoms with Gasteiger partial charge in [-0.15, -0.1) is 0 Å². The van der Waals surface area contributed by atoms with E-state index < -0.39 is 19.7 Å². The normalized spacial score (nSPS) is 9.38. The van der Waals surface area contributed by atoms with Crippen molar-refractivity contribution in [3.63, 3.8) is 0 Å². The molecule has 0 unspecified atom stereocenters. The van der Waals surface area contributed by atoms with Crippen molar-refractivity contribution < 1.29 is 36.0 Å². The second kappa shape index (κ2) is 32.4. The lowest BCUT2D eigenvalue weighted by atomic mass is 10.1. The van der Waals surface area contributed by atoms with E-state index in [4.69, 9.17) is 0 Å². The molecule has 0 spiro atoms. The molecule has 0 aliphatic carbocycles. The van der Waals surface area contributed by atoms with Gasteiger partial charge < -0.3 is 10.6 Å². The minimum Gasteiger partial charge on any atom is -0.355 e. The van der Waals surface area contributed by atoms with Gasteiger partial charge in [0.05, 0.1) is 19.6 Å². The summed E-state index contributed by atoms with van der Waals surface area (Å²) in [5.41, 5.74) is 1.65. The quantitative estimate of drug-likeness (QED) is 0.143.